The highest BCUT2D eigenvalue weighted by Crippen LogP contribution is 2.52. The van der Waals surface area contributed by atoms with Crippen LogP contribution in [-0.4, -0.2) is 35.7 Å². The van der Waals surface area contributed by atoms with Gasteiger partial charge in [0, 0.05) is 0 Å². The summed E-state index contributed by atoms with van der Waals surface area (Å²) < 4.78 is 12.3. The second-order valence-electron chi connectivity index (χ2n) is 7.66. The molecule has 2 amide bonds. The summed E-state index contributed by atoms with van der Waals surface area (Å²) in [5, 5.41) is 5.28. The molecule has 2 fully saturated rings. The normalized spacial score (nSPS) is 28.1. The molecule has 1 aliphatic heterocycles. The largest absolute Gasteiger partial charge is 0.490 e. The Morgan fingerprint density at radius 2 is 1.86 bits per heavy atom. The van der Waals surface area contributed by atoms with Gasteiger partial charge in [0.25, 0.3) is 11.8 Å². The minimum Gasteiger partial charge on any atom is -0.490 e. The fourth-order valence-electron chi connectivity index (χ4n) is 4.40. The molecule has 6 nitrogen and oxygen atoms in total. The molecule has 0 radical (unpaired) electrons. The predicted molar refractivity (Wildman–Crippen MR) is 108 cm³/mol. The summed E-state index contributed by atoms with van der Waals surface area (Å²) >= 11 is 3.51. The number of nitrogens with zero attached hydrogens (tertiary/aromatic N) is 2. The number of benzene rings is 1. The van der Waals surface area contributed by atoms with Gasteiger partial charge in [-0.25, -0.2) is 0 Å². The van der Waals surface area contributed by atoms with Crippen molar-refractivity contribution >= 4 is 34.0 Å². The van der Waals surface area contributed by atoms with Crippen LogP contribution in [0.5, 0.6) is 11.5 Å². The minimum absolute atomic E-state index is 0.00162. The van der Waals surface area contributed by atoms with Crippen LogP contribution in [-0.2, 0) is 9.59 Å². The lowest BCUT2D eigenvalue weighted by Gasteiger charge is -2.17. The van der Waals surface area contributed by atoms with Crippen molar-refractivity contribution in [1.29, 1.82) is 0 Å². The molecule has 2 bridgehead atoms. The van der Waals surface area contributed by atoms with Gasteiger partial charge in [0.05, 0.1) is 35.2 Å². The van der Waals surface area contributed by atoms with Crippen molar-refractivity contribution in [3.8, 4) is 11.5 Å². The first-order valence-electron chi connectivity index (χ1n) is 9.63. The SMILES string of the molecule is CCOc1cc(C=NN2C(=O)[C@@H]3[C@H](C2=O)[C@H]2C=C[C@H]3C2)cc(Br)c1OC(C)C. The molecule has 0 unspecified atom stereocenters. The Hall–Kier alpha value is -2.15. The van der Waals surface area contributed by atoms with Gasteiger partial charge in [0.1, 0.15) is 0 Å². The van der Waals surface area contributed by atoms with Gasteiger partial charge in [-0.2, -0.15) is 10.1 Å². The van der Waals surface area contributed by atoms with E-state index in [1.54, 1.807) is 6.07 Å². The molecule has 148 valence electrons. The summed E-state index contributed by atoms with van der Waals surface area (Å²) in [6, 6.07) is 3.63. The standard InChI is InChI=1S/C21H23BrN2O4/c1-4-27-16-8-12(7-15(22)19(16)28-11(2)3)10-23-24-20(25)17-13-5-6-14(9-13)18(17)21(24)26/h5-8,10-11,13-14,17-18H,4,9H2,1-3H3/t13-,14-,17-,18+/m0/s1. The maximum Gasteiger partial charge on any atom is 0.254 e. The first kappa shape index (κ1) is 19.2. The molecule has 4 atom stereocenters. The van der Waals surface area contributed by atoms with E-state index in [9.17, 15) is 9.59 Å². The number of hydrazone groups is 1. The monoisotopic (exact) mass is 446 g/mol. The molecule has 4 rings (SSSR count). The molecule has 2 aliphatic carbocycles. The number of ether oxygens (including phenoxy) is 2. The fourth-order valence-corrected chi connectivity index (χ4v) is 4.95. The van der Waals surface area contributed by atoms with Gasteiger partial charge in [-0.05, 0) is 72.7 Å². The number of hydrogen-bond acceptors (Lipinski definition) is 5. The van der Waals surface area contributed by atoms with Crippen molar-refractivity contribution in [2.75, 3.05) is 6.61 Å². The maximum absolute atomic E-state index is 12.7. The third-order valence-electron chi connectivity index (χ3n) is 5.45. The Labute approximate surface area is 172 Å². The first-order chi connectivity index (χ1) is 13.4. The van der Waals surface area contributed by atoms with Crippen LogP contribution in [0, 0.1) is 23.7 Å². The summed E-state index contributed by atoms with van der Waals surface area (Å²) in [5.74, 6) is 0.707. The van der Waals surface area contributed by atoms with Gasteiger partial charge in [0.15, 0.2) is 11.5 Å². The Morgan fingerprint density at radius 1 is 1.21 bits per heavy atom. The van der Waals surface area contributed by atoms with Crippen molar-refractivity contribution < 1.29 is 19.1 Å². The van der Waals surface area contributed by atoms with Gasteiger partial charge >= 0.3 is 0 Å². The lowest BCUT2D eigenvalue weighted by atomic mass is 9.85. The van der Waals surface area contributed by atoms with Crippen molar-refractivity contribution in [1.82, 2.24) is 5.01 Å². The topological polar surface area (TPSA) is 68.2 Å². The van der Waals surface area contributed by atoms with Crippen LogP contribution in [0.3, 0.4) is 0 Å². The number of carbonyl (C=O) groups is 2. The Kier molecular flexibility index (Phi) is 5.04. The van der Waals surface area contributed by atoms with Gasteiger partial charge in [-0.3, -0.25) is 9.59 Å². The number of carbonyl (C=O) groups excluding carboxylic acids is 2. The van der Waals surface area contributed by atoms with Crippen LogP contribution in [0.1, 0.15) is 32.8 Å². The zero-order valence-electron chi connectivity index (χ0n) is 16.1. The molecule has 1 aromatic rings. The van der Waals surface area contributed by atoms with Gasteiger partial charge in [-0.1, -0.05) is 12.2 Å². The molecule has 0 aromatic heterocycles. The second-order valence-corrected chi connectivity index (χ2v) is 8.52. The van der Waals surface area contributed by atoms with Crippen molar-refractivity contribution in [3.63, 3.8) is 0 Å². The van der Waals surface area contributed by atoms with Crippen LogP contribution >= 0.6 is 15.9 Å². The van der Waals surface area contributed by atoms with Crippen LogP contribution in [0.2, 0.25) is 0 Å². The van der Waals surface area contributed by atoms with Crippen LogP contribution in [0.15, 0.2) is 33.9 Å². The summed E-state index contributed by atoms with van der Waals surface area (Å²) in [6.45, 7) is 6.28. The third-order valence-corrected chi connectivity index (χ3v) is 6.04. The number of imide groups is 1. The Balaban J connectivity index is 1.58. The highest BCUT2D eigenvalue weighted by Gasteiger charge is 2.59. The molecule has 1 saturated heterocycles. The number of amides is 2. The highest BCUT2D eigenvalue weighted by atomic mass is 79.9. The Morgan fingerprint density at radius 3 is 2.43 bits per heavy atom. The van der Waals surface area contributed by atoms with E-state index in [0.717, 1.165) is 15.9 Å². The number of halogens is 1. The fraction of sp³-hybridized carbons (Fsp3) is 0.476. The van der Waals surface area contributed by atoms with Gasteiger partial charge in [-0.15, -0.1) is 0 Å². The van der Waals surface area contributed by atoms with Gasteiger partial charge in [0.2, 0.25) is 0 Å². The average molecular weight is 447 g/mol. The molecule has 1 aromatic carbocycles. The van der Waals surface area contributed by atoms with Crippen molar-refractivity contribution in [2.24, 2.45) is 28.8 Å². The molecule has 7 heteroatoms. The van der Waals surface area contributed by atoms with Crippen LogP contribution in [0.4, 0.5) is 0 Å². The van der Waals surface area contributed by atoms with E-state index in [0.29, 0.717) is 23.7 Å². The van der Waals surface area contributed by atoms with E-state index in [4.69, 9.17) is 9.47 Å². The van der Waals surface area contributed by atoms with Crippen molar-refractivity contribution in [3.05, 3.63) is 34.3 Å². The minimum atomic E-state index is -0.243. The molecule has 3 aliphatic rings. The Bertz CT molecular complexity index is 849. The summed E-state index contributed by atoms with van der Waals surface area (Å²) in [7, 11) is 0. The molecular weight excluding hydrogens is 424 g/mol. The first-order valence-corrected chi connectivity index (χ1v) is 10.4. The summed E-state index contributed by atoms with van der Waals surface area (Å²) in [4.78, 5) is 25.4. The molecule has 0 spiro atoms. The molecule has 1 heterocycles. The lowest BCUT2D eigenvalue weighted by Crippen LogP contribution is -2.28. The number of hydrogen-bond donors (Lipinski definition) is 0. The van der Waals surface area contributed by atoms with Crippen molar-refractivity contribution in [2.45, 2.75) is 33.3 Å². The van der Waals surface area contributed by atoms with Crippen LogP contribution < -0.4 is 9.47 Å². The van der Waals surface area contributed by atoms with E-state index < -0.39 is 0 Å². The van der Waals surface area contributed by atoms with E-state index >= 15 is 0 Å². The molecule has 28 heavy (non-hydrogen) atoms. The second kappa shape index (κ2) is 7.35. The van der Waals surface area contributed by atoms with Crippen LogP contribution in [0.25, 0.3) is 0 Å². The van der Waals surface area contributed by atoms with E-state index in [-0.39, 0.29) is 41.6 Å². The quantitative estimate of drug-likeness (QED) is 0.378. The van der Waals surface area contributed by atoms with E-state index in [2.05, 4.69) is 33.2 Å². The zero-order chi connectivity index (χ0) is 20.0. The molecular formula is C21H23BrN2O4. The summed E-state index contributed by atoms with van der Waals surface area (Å²) in [5.41, 5.74) is 0.713. The predicted octanol–water partition coefficient (Wildman–Crippen LogP) is 3.78. The number of fused-ring (bicyclic) bond motifs is 5. The third kappa shape index (κ3) is 3.15. The number of rotatable bonds is 6. The highest BCUT2D eigenvalue weighted by molar-refractivity contribution is 9.10. The number of allylic oxidation sites excluding steroid dienone is 2. The average Bonchev–Trinajstić information content (AvgIpc) is 3.31. The molecule has 0 N–H and O–H groups in total. The maximum atomic E-state index is 12.7. The van der Waals surface area contributed by atoms with Gasteiger partial charge < -0.3 is 9.47 Å². The van der Waals surface area contributed by atoms with E-state index in [1.165, 1.54) is 6.21 Å². The lowest BCUT2D eigenvalue weighted by molar-refractivity contribution is -0.140. The summed E-state index contributed by atoms with van der Waals surface area (Å²) in [6.07, 6.45) is 6.58. The zero-order valence-corrected chi connectivity index (χ0v) is 17.7. The molecule has 1 saturated carbocycles. The smallest absolute Gasteiger partial charge is 0.254 e. The van der Waals surface area contributed by atoms with E-state index in [1.807, 2.05) is 26.8 Å².